The normalized spacial score (nSPS) is 25.4. The van der Waals surface area contributed by atoms with Crippen LogP contribution in [0.2, 0.25) is 0 Å². The minimum atomic E-state index is 0.988. The first kappa shape index (κ1) is 10.2. The molecule has 0 bridgehead atoms. The van der Waals surface area contributed by atoms with Crippen LogP contribution >= 0.6 is 0 Å². The summed E-state index contributed by atoms with van der Waals surface area (Å²) < 4.78 is 0. The number of rotatable bonds is 3. The Hall–Kier alpha value is -0.340. The Morgan fingerprint density at radius 3 is 2.79 bits per heavy atom. The maximum atomic E-state index is 3.43. The third-order valence-electron chi connectivity index (χ3n) is 3.45. The van der Waals surface area contributed by atoms with Crippen molar-refractivity contribution in [2.75, 3.05) is 32.7 Å². The van der Waals surface area contributed by atoms with E-state index in [9.17, 15) is 0 Å². The Kier molecular flexibility index (Phi) is 4.02. The number of hydrogen-bond donors (Lipinski definition) is 1. The molecule has 2 aliphatic heterocycles. The van der Waals surface area contributed by atoms with E-state index in [1.54, 1.807) is 0 Å². The van der Waals surface area contributed by atoms with E-state index in [0.29, 0.717) is 0 Å². The summed E-state index contributed by atoms with van der Waals surface area (Å²) in [6.07, 6.45) is 10.1. The molecule has 0 aromatic carbocycles. The van der Waals surface area contributed by atoms with Crippen LogP contribution in [-0.4, -0.2) is 37.6 Å². The molecule has 1 N–H and O–H groups in total. The molecule has 0 amide bonds. The van der Waals surface area contributed by atoms with Crippen LogP contribution in [-0.2, 0) is 0 Å². The van der Waals surface area contributed by atoms with Gasteiger partial charge in [0.1, 0.15) is 0 Å². The van der Waals surface area contributed by atoms with Crippen molar-refractivity contribution in [3.8, 4) is 0 Å². The second kappa shape index (κ2) is 5.52. The van der Waals surface area contributed by atoms with Gasteiger partial charge in [-0.25, -0.2) is 0 Å². The monoisotopic (exact) mass is 194 g/mol. The molecule has 80 valence electrons. The minimum Gasteiger partial charge on any atom is -0.317 e. The summed E-state index contributed by atoms with van der Waals surface area (Å²) in [7, 11) is 0. The van der Waals surface area contributed by atoms with Crippen LogP contribution in [0, 0.1) is 5.92 Å². The fraction of sp³-hybridized carbons (Fsp3) is 0.833. The lowest BCUT2D eigenvalue weighted by molar-refractivity contribution is 0.250. The SMILES string of the molecule is C1=CCN(CCC2CCNCC2)CC1. The Balaban J connectivity index is 1.63. The number of piperidine rings is 1. The first-order chi connectivity index (χ1) is 6.95. The van der Waals surface area contributed by atoms with Crippen molar-refractivity contribution in [1.82, 2.24) is 10.2 Å². The van der Waals surface area contributed by atoms with Crippen molar-refractivity contribution < 1.29 is 0 Å². The highest BCUT2D eigenvalue weighted by Crippen LogP contribution is 2.16. The fourth-order valence-corrected chi connectivity index (χ4v) is 2.43. The third-order valence-corrected chi connectivity index (χ3v) is 3.45. The summed E-state index contributed by atoms with van der Waals surface area (Å²) in [5, 5.41) is 3.43. The Morgan fingerprint density at radius 2 is 2.07 bits per heavy atom. The van der Waals surface area contributed by atoms with Crippen LogP contribution in [0.4, 0.5) is 0 Å². The van der Waals surface area contributed by atoms with Crippen molar-refractivity contribution in [3.05, 3.63) is 12.2 Å². The summed E-state index contributed by atoms with van der Waals surface area (Å²) in [6.45, 7) is 6.26. The predicted octanol–water partition coefficient (Wildman–Crippen LogP) is 1.64. The van der Waals surface area contributed by atoms with E-state index in [-0.39, 0.29) is 0 Å². The average Bonchev–Trinajstić information content (AvgIpc) is 2.29. The summed E-state index contributed by atoms with van der Waals surface area (Å²) in [5.74, 6) is 0.988. The van der Waals surface area contributed by atoms with Gasteiger partial charge in [0.15, 0.2) is 0 Å². The molecule has 0 atom stereocenters. The fourth-order valence-electron chi connectivity index (χ4n) is 2.43. The van der Waals surface area contributed by atoms with Crippen LogP contribution in [0.3, 0.4) is 0 Å². The van der Waals surface area contributed by atoms with E-state index in [1.165, 1.54) is 58.4 Å². The van der Waals surface area contributed by atoms with Gasteiger partial charge in [-0.05, 0) is 51.2 Å². The van der Waals surface area contributed by atoms with Gasteiger partial charge in [0.25, 0.3) is 0 Å². The van der Waals surface area contributed by atoms with E-state index < -0.39 is 0 Å². The Labute approximate surface area is 87.4 Å². The highest BCUT2D eigenvalue weighted by molar-refractivity contribution is 4.90. The van der Waals surface area contributed by atoms with Crippen molar-refractivity contribution in [2.24, 2.45) is 5.92 Å². The lowest BCUT2D eigenvalue weighted by atomic mass is 9.94. The molecule has 2 heteroatoms. The zero-order valence-corrected chi connectivity index (χ0v) is 9.04. The van der Waals surface area contributed by atoms with Gasteiger partial charge in [-0.15, -0.1) is 0 Å². The Bertz CT molecular complexity index is 183. The second-order valence-corrected chi connectivity index (χ2v) is 4.54. The molecular formula is C12H22N2. The smallest absolute Gasteiger partial charge is 0.0163 e. The van der Waals surface area contributed by atoms with Gasteiger partial charge in [-0.2, -0.15) is 0 Å². The van der Waals surface area contributed by atoms with Crippen LogP contribution < -0.4 is 5.32 Å². The van der Waals surface area contributed by atoms with Gasteiger partial charge in [-0.3, -0.25) is 4.90 Å². The molecule has 0 aliphatic carbocycles. The summed E-state index contributed by atoms with van der Waals surface area (Å²) in [6, 6.07) is 0. The van der Waals surface area contributed by atoms with Crippen molar-refractivity contribution in [3.63, 3.8) is 0 Å². The lowest BCUT2D eigenvalue weighted by Crippen LogP contribution is -2.32. The largest absolute Gasteiger partial charge is 0.317 e. The molecular weight excluding hydrogens is 172 g/mol. The van der Waals surface area contributed by atoms with Gasteiger partial charge < -0.3 is 5.32 Å². The first-order valence-electron chi connectivity index (χ1n) is 6.03. The molecule has 2 rings (SSSR count). The topological polar surface area (TPSA) is 15.3 Å². The molecule has 0 aromatic heterocycles. The van der Waals surface area contributed by atoms with Gasteiger partial charge in [-0.1, -0.05) is 12.2 Å². The van der Waals surface area contributed by atoms with Gasteiger partial charge in [0.05, 0.1) is 0 Å². The standard InChI is InChI=1S/C12H22N2/c1-2-9-14(10-3-1)11-6-12-4-7-13-8-5-12/h1-2,12-13H,3-11H2. The highest BCUT2D eigenvalue weighted by Gasteiger charge is 2.14. The summed E-state index contributed by atoms with van der Waals surface area (Å²) in [5.41, 5.74) is 0. The summed E-state index contributed by atoms with van der Waals surface area (Å²) >= 11 is 0. The molecule has 0 saturated carbocycles. The van der Waals surface area contributed by atoms with E-state index in [4.69, 9.17) is 0 Å². The molecule has 0 unspecified atom stereocenters. The van der Waals surface area contributed by atoms with E-state index in [1.807, 2.05) is 0 Å². The zero-order valence-electron chi connectivity index (χ0n) is 9.04. The number of nitrogens with one attached hydrogen (secondary N) is 1. The maximum absolute atomic E-state index is 3.43. The average molecular weight is 194 g/mol. The first-order valence-corrected chi connectivity index (χ1v) is 6.03. The molecule has 0 radical (unpaired) electrons. The molecule has 1 saturated heterocycles. The molecule has 2 nitrogen and oxygen atoms in total. The molecule has 2 aliphatic rings. The maximum Gasteiger partial charge on any atom is 0.0163 e. The van der Waals surface area contributed by atoms with Crippen molar-refractivity contribution >= 4 is 0 Å². The highest BCUT2D eigenvalue weighted by atomic mass is 15.1. The Morgan fingerprint density at radius 1 is 1.21 bits per heavy atom. The zero-order chi connectivity index (χ0) is 9.64. The van der Waals surface area contributed by atoms with Crippen molar-refractivity contribution in [1.29, 1.82) is 0 Å². The second-order valence-electron chi connectivity index (χ2n) is 4.54. The van der Waals surface area contributed by atoms with Crippen LogP contribution in [0.1, 0.15) is 25.7 Å². The van der Waals surface area contributed by atoms with Crippen molar-refractivity contribution in [2.45, 2.75) is 25.7 Å². The lowest BCUT2D eigenvalue weighted by Gasteiger charge is -2.27. The van der Waals surface area contributed by atoms with Crippen LogP contribution in [0.25, 0.3) is 0 Å². The predicted molar refractivity (Wildman–Crippen MR) is 60.4 cm³/mol. The molecule has 1 fully saturated rings. The van der Waals surface area contributed by atoms with E-state index >= 15 is 0 Å². The van der Waals surface area contributed by atoms with Crippen LogP contribution in [0.5, 0.6) is 0 Å². The third kappa shape index (κ3) is 3.10. The van der Waals surface area contributed by atoms with Gasteiger partial charge >= 0.3 is 0 Å². The quantitative estimate of drug-likeness (QED) is 0.687. The molecule has 2 heterocycles. The molecule has 14 heavy (non-hydrogen) atoms. The molecule has 0 spiro atoms. The van der Waals surface area contributed by atoms with E-state index in [0.717, 1.165) is 5.92 Å². The number of hydrogen-bond acceptors (Lipinski definition) is 2. The van der Waals surface area contributed by atoms with E-state index in [2.05, 4.69) is 22.4 Å². The van der Waals surface area contributed by atoms with Gasteiger partial charge in [0.2, 0.25) is 0 Å². The molecule has 0 aromatic rings. The minimum absolute atomic E-state index is 0.988. The van der Waals surface area contributed by atoms with Crippen LogP contribution in [0.15, 0.2) is 12.2 Å². The van der Waals surface area contributed by atoms with Gasteiger partial charge in [0, 0.05) is 13.1 Å². The summed E-state index contributed by atoms with van der Waals surface area (Å²) in [4.78, 5) is 2.59. The number of nitrogens with zero attached hydrogens (tertiary/aromatic N) is 1.